The smallest absolute Gasteiger partial charge is 0.340 e. The number of ether oxygens (including phenoxy) is 2. The van der Waals surface area contributed by atoms with Crippen molar-refractivity contribution in [3.8, 4) is 23.1 Å². The average molecular weight is 408 g/mol. The fraction of sp³-hybridized carbons (Fsp3) is 0.100. The second-order valence-electron chi connectivity index (χ2n) is 5.71. The Hall–Kier alpha value is -3.90. The zero-order valence-corrected chi connectivity index (χ0v) is 16.4. The summed E-state index contributed by atoms with van der Waals surface area (Å²) in [5.41, 5.74) is 2.13. The third-order valence-corrected chi connectivity index (χ3v) is 4.84. The van der Waals surface area contributed by atoms with Crippen LogP contribution in [0, 0.1) is 11.3 Å². The minimum Gasteiger partial charge on any atom is -0.497 e. The molecule has 9 heteroatoms. The first kappa shape index (κ1) is 19.9. The van der Waals surface area contributed by atoms with Gasteiger partial charge < -0.3 is 14.8 Å². The van der Waals surface area contributed by atoms with Gasteiger partial charge in [-0.05, 0) is 41.8 Å². The number of aromatic amines is 1. The van der Waals surface area contributed by atoms with Crippen LogP contribution in [0.4, 0.5) is 5.00 Å². The molecule has 3 rings (SSSR count). The molecule has 0 fully saturated rings. The zero-order valence-electron chi connectivity index (χ0n) is 15.6. The summed E-state index contributed by atoms with van der Waals surface area (Å²) in [5.74, 6) is -0.498. The predicted octanol–water partition coefficient (Wildman–Crippen LogP) is 3.48. The molecule has 1 aromatic carbocycles. The Labute approximate surface area is 170 Å². The summed E-state index contributed by atoms with van der Waals surface area (Å²) in [6.07, 6.45) is 2.96. The molecule has 1 amide bonds. The molecule has 0 unspecified atom stereocenters. The summed E-state index contributed by atoms with van der Waals surface area (Å²) in [6, 6.07) is 10.7. The maximum absolute atomic E-state index is 12.6. The first-order valence-corrected chi connectivity index (χ1v) is 9.22. The monoisotopic (exact) mass is 408 g/mol. The first-order valence-electron chi connectivity index (χ1n) is 8.34. The number of hydrogen-bond donors (Lipinski definition) is 2. The van der Waals surface area contributed by atoms with Crippen molar-refractivity contribution in [1.29, 1.82) is 5.26 Å². The van der Waals surface area contributed by atoms with Gasteiger partial charge in [-0.25, -0.2) is 4.79 Å². The molecule has 0 aliphatic heterocycles. The van der Waals surface area contributed by atoms with Gasteiger partial charge in [0.2, 0.25) is 0 Å². The maximum atomic E-state index is 12.6. The number of benzene rings is 1. The van der Waals surface area contributed by atoms with Crippen molar-refractivity contribution in [2.24, 2.45) is 0 Å². The average Bonchev–Trinajstić information content (AvgIpc) is 3.40. The molecule has 0 spiro atoms. The lowest BCUT2D eigenvalue weighted by Crippen LogP contribution is -2.15. The number of aromatic nitrogens is 2. The van der Waals surface area contributed by atoms with Crippen molar-refractivity contribution >= 4 is 34.3 Å². The van der Waals surface area contributed by atoms with E-state index in [1.807, 2.05) is 18.2 Å². The number of amides is 1. The van der Waals surface area contributed by atoms with Crippen LogP contribution >= 0.6 is 11.3 Å². The molecule has 0 bridgehead atoms. The van der Waals surface area contributed by atoms with E-state index in [2.05, 4.69) is 20.3 Å². The van der Waals surface area contributed by atoms with Gasteiger partial charge in [0.15, 0.2) is 0 Å². The number of rotatable bonds is 6. The van der Waals surface area contributed by atoms with E-state index in [0.29, 0.717) is 22.0 Å². The minimum atomic E-state index is -0.637. The highest BCUT2D eigenvalue weighted by Crippen LogP contribution is 2.27. The number of carbonyl (C=O) groups excluding carboxylic acids is 2. The summed E-state index contributed by atoms with van der Waals surface area (Å²) in [6.45, 7) is 0. The molecule has 146 valence electrons. The van der Waals surface area contributed by atoms with Crippen LogP contribution in [0.1, 0.15) is 15.9 Å². The number of nitriles is 1. The summed E-state index contributed by atoms with van der Waals surface area (Å²) < 4.78 is 9.83. The number of methoxy groups -OCH3 is 2. The zero-order chi connectivity index (χ0) is 20.8. The molecule has 2 N–H and O–H groups in total. The highest BCUT2D eigenvalue weighted by Gasteiger charge is 2.18. The second-order valence-corrected chi connectivity index (χ2v) is 6.62. The maximum Gasteiger partial charge on any atom is 0.340 e. The van der Waals surface area contributed by atoms with E-state index in [0.717, 1.165) is 16.9 Å². The largest absolute Gasteiger partial charge is 0.497 e. The number of nitrogens with zero attached hydrogens (tertiary/aromatic N) is 2. The van der Waals surface area contributed by atoms with Crippen LogP contribution in [-0.4, -0.2) is 36.3 Å². The second kappa shape index (κ2) is 8.86. The third kappa shape index (κ3) is 4.34. The van der Waals surface area contributed by atoms with Gasteiger partial charge in [0.1, 0.15) is 22.4 Å². The minimum absolute atomic E-state index is 0.134. The van der Waals surface area contributed by atoms with Crippen molar-refractivity contribution in [3.63, 3.8) is 0 Å². The van der Waals surface area contributed by atoms with Gasteiger partial charge in [0.25, 0.3) is 5.91 Å². The van der Waals surface area contributed by atoms with E-state index in [9.17, 15) is 14.9 Å². The van der Waals surface area contributed by atoms with Crippen molar-refractivity contribution in [2.45, 2.75) is 0 Å². The van der Waals surface area contributed by atoms with Crippen LogP contribution < -0.4 is 10.1 Å². The van der Waals surface area contributed by atoms with Gasteiger partial charge >= 0.3 is 5.97 Å². The number of nitrogens with one attached hydrogen (secondary N) is 2. The van der Waals surface area contributed by atoms with Gasteiger partial charge in [0, 0.05) is 11.1 Å². The predicted molar refractivity (Wildman–Crippen MR) is 108 cm³/mol. The van der Waals surface area contributed by atoms with E-state index in [1.165, 1.54) is 19.4 Å². The van der Waals surface area contributed by atoms with Crippen LogP contribution in [0.2, 0.25) is 0 Å². The Bertz CT molecular complexity index is 1110. The molecule has 2 heterocycles. The summed E-state index contributed by atoms with van der Waals surface area (Å²) in [7, 11) is 2.84. The van der Waals surface area contributed by atoms with Crippen LogP contribution in [0.5, 0.6) is 5.75 Å². The van der Waals surface area contributed by atoms with E-state index in [4.69, 9.17) is 4.74 Å². The third-order valence-electron chi connectivity index (χ3n) is 4.01. The molecule has 0 radical (unpaired) electrons. The molecule has 8 nitrogen and oxygen atoms in total. The molecule has 2 aromatic heterocycles. The first-order chi connectivity index (χ1) is 14.1. The van der Waals surface area contributed by atoms with Gasteiger partial charge in [0.05, 0.1) is 31.7 Å². The van der Waals surface area contributed by atoms with Crippen molar-refractivity contribution in [3.05, 3.63) is 58.6 Å². The molecule has 29 heavy (non-hydrogen) atoms. The Kier molecular flexibility index (Phi) is 6.06. The molecule has 0 aliphatic carbocycles. The fourth-order valence-electron chi connectivity index (χ4n) is 2.55. The molecule has 3 aromatic rings. The van der Waals surface area contributed by atoms with Crippen LogP contribution in [0.25, 0.3) is 17.3 Å². The van der Waals surface area contributed by atoms with E-state index >= 15 is 0 Å². The van der Waals surface area contributed by atoms with Crippen molar-refractivity contribution in [2.75, 3.05) is 19.5 Å². The Morgan fingerprint density at radius 3 is 2.66 bits per heavy atom. The number of esters is 1. The molecule has 0 aliphatic rings. The highest BCUT2D eigenvalue weighted by molar-refractivity contribution is 7.14. The van der Waals surface area contributed by atoms with E-state index in [1.54, 1.807) is 30.7 Å². The quantitative estimate of drug-likeness (QED) is 0.366. The lowest BCUT2D eigenvalue weighted by atomic mass is 10.1. The SMILES string of the molecule is COC(=O)c1ccsc1NC(=O)C(C#N)=Cc1cn[nH]c1-c1ccc(OC)cc1. The lowest BCUT2D eigenvalue weighted by molar-refractivity contribution is -0.112. The summed E-state index contributed by atoms with van der Waals surface area (Å²) in [4.78, 5) is 24.3. The van der Waals surface area contributed by atoms with E-state index < -0.39 is 11.9 Å². The fourth-order valence-corrected chi connectivity index (χ4v) is 3.32. The van der Waals surface area contributed by atoms with Gasteiger partial charge in [-0.1, -0.05) is 0 Å². The van der Waals surface area contributed by atoms with Crippen LogP contribution in [-0.2, 0) is 9.53 Å². The highest BCUT2D eigenvalue weighted by atomic mass is 32.1. The Morgan fingerprint density at radius 1 is 1.24 bits per heavy atom. The van der Waals surface area contributed by atoms with E-state index in [-0.39, 0.29) is 11.1 Å². The normalized spacial score (nSPS) is 10.9. The number of hydrogen-bond acceptors (Lipinski definition) is 7. The molecule has 0 saturated heterocycles. The molecule has 0 saturated carbocycles. The molecular weight excluding hydrogens is 392 g/mol. The van der Waals surface area contributed by atoms with Crippen molar-refractivity contribution < 1.29 is 19.1 Å². The number of carbonyl (C=O) groups is 2. The van der Waals surface area contributed by atoms with Crippen LogP contribution in [0.3, 0.4) is 0 Å². The lowest BCUT2D eigenvalue weighted by Gasteiger charge is -2.05. The Balaban J connectivity index is 1.87. The number of anilines is 1. The van der Waals surface area contributed by atoms with Gasteiger partial charge in [-0.3, -0.25) is 9.89 Å². The summed E-state index contributed by atoms with van der Waals surface area (Å²) in [5, 5.41) is 20.9. The van der Waals surface area contributed by atoms with Gasteiger partial charge in [-0.2, -0.15) is 10.4 Å². The number of H-pyrrole nitrogens is 1. The molecule has 0 atom stereocenters. The number of thiophene rings is 1. The standard InChI is InChI=1S/C20H16N4O4S/c1-27-15-5-3-12(4-6-15)17-14(11-22-24-17)9-13(10-21)18(25)23-19-16(7-8-29-19)20(26)28-2/h3-9,11H,1-2H3,(H,22,24)(H,23,25). The Morgan fingerprint density at radius 2 is 2.00 bits per heavy atom. The van der Waals surface area contributed by atoms with Crippen LogP contribution in [0.15, 0.2) is 47.5 Å². The summed E-state index contributed by atoms with van der Waals surface area (Å²) >= 11 is 1.16. The topological polar surface area (TPSA) is 117 Å². The molecular formula is C20H16N4O4S. The van der Waals surface area contributed by atoms with Gasteiger partial charge in [-0.15, -0.1) is 11.3 Å². The van der Waals surface area contributed by atoms with Crippen molar-refractivity contribution in [1.82, 2.24) is 10.2 Å².